The first-order valence-corrected chi connectivity index (χ1v) is 7.35. The monoisotopic (exact) mass is 321 g/mol. The van der Waals surface area contributed by atoms with Crippen molar-refractivity contribution in [2.24, 2.45) is 0 Å². The van der Waals surface area contributed by atoms with E-state index in [0.29, 0.717) is 28.4 Å². The molecular weight excluding hydrogens is 305 g/mol. The summed E-state index contributed by atoms with van der Waals surface area (Å²) in [7, 11) is 0. The van der Waals surface area contributed by atoms with Gasteiger partial charge in [0.25, 0.3) is 5.91 Å². The molecule has 0 aliphatic carbocycles. The van der Waals surface area contributed by atoms with Crippen molar-refractivity contribution >= 4 is 17.5 Å². The van der Waals surface area contributed by atoms with Crippen LogP contribution in [-0.4, -0.2) is 12.5 Å². The molecule has 0 radical (unpaired) electrons. The molecule has 0 atom stereocenters. The Labute approximate surface area is 134 Å². The Morgan fingerprint density at radius 1 is 1.32 bits per heavy atom. The van der Waals surface area contributed by atoms with Crippen molar-refractivity contribution in [1.29, 1.82) is 0 Å². The van der Waals surface area contributed by atoms with E-state index in [1.54, 1.807) is 18.2 Å². The summed E-state index contributed by atoms with van der Waals surface area (Å²) in [6.07, 6.45) is 0. The lowest BCUT2D eigenvalue weighted by Gasteiger charge is -2.14. The molecule has 0 unspecified atom stereocenters. The molecule has 3 nitrogen and oxygen atoms in total. The summed E-state index contributed by atoms with van der Waals surface area (Å²) < 4.78 is 18.8. The number of hydrogen-bond donors (Lipinski definition) is 1. The molecule has 1 amide bonds. The molecule has 1 N–H and O–H groups in total. The van der Waals surface area contributed by atoms with Crippen LogP contribution in [-0.2, 0) is 6.61 Å². The summed E-state index contributed by atoms with van der Waals surface area (Å²) >= 11 is 5.99. The second-order valence-electron chi connectivity index (χ2n) is 4.84. The molecule has 22 heavy (non-hydrogen) atoms. The van der Waals surface area contributed by atoms with Crippen LogP contribution in [0.15, 0.2) is 36.4 Å². The molecule has 0 fully saturated rings. The van der Waals surface area contributed by atoms with Crippen molar-refractivity contribution in [3.63, 3.8) is 0 Å². The van der Waals surface area contributed by atoms with Crippen molar-refractivity contribution in [1.82, 2.24) is 5.32 Å². The Morgan fingerprint density at radius 2 is 2.09 bits per heavy atom. The first-order valence-electron chi connectivity index (χ1n) is 6.97. The zero-order valence-electron chi connectivity index (χ0n) is 12.5. The van der Waals surface area contributed by atoms with Gasteiger partial charge in [-0.2, -0.15) is 0 Å². The molecular formula is C17H17ClFNO2. The molecule has 2 aromatic rings. The number of amides is 1. The molecule has 5 heteroatoms. The third-order valence-electron chi connectivity index (χ3n) is 3.18. The number of halogens is 2. The predicted octanol–water partition coefficient (Wildman–Crippen LogP) is 4.12. The van der Waals surface area contributed by atoms with Crippen LogP contribution in [0.2, 0.25) is 5.02 Å². The molecule has 0 aliphatic heterocycles. The molecule has 0 saturated carbocycles. The smallest absolute Gasteiger partial charge is 0.255 e. The summed E-state index contributed by atoms with van der Waals surface area (Å²) in [6, 6.07) is 9.51. The topological polar surface area (TPSA) is 38.3 Å². The van der Waals surface area contributed by atoms with Crippen LogP contribution >= 0.6 is 11.6 Å². The van der Waals surface area contributed by atoms with Gasteiger partial charge in [-0.05, 0) is 37.6 Å². The number of carbonyl (C=O) groups excluding carboxylic acids is 1. The molecule has 0 bridgehead atoms. The maximum atomic E-state index is 13.1. The lowest BCUT2D eigenvalue weighted by atomic mass is 10.1. The Hall–Kier alpha value is -2.07. The normalized spacial score (nSPS) is 10.4. The van der Waals surface area contributed by atoms with Gasteiger partial charge < -0.3 is 10.1 Å². The minimum absolute atomic E-state index is 0.163. The molecule has 0 aromatic heterocycles. The minimum Gasteiger partial charge on any atom is -0.488 e. The summed E-state index contributed by atoms with van der Waals surface area (Å²) in [5.41, 5.74) is 1.98. The summed E-state index contributed by atoms with van der Waals surface area (Å²) in [4.78, 5) is 12.1. The standard InChI is InChI=1S/C17H17ClFNO2/c1-3-20-17(21)14-6-4-5-11(2)16(14)22-10-12-7-8-13(19)9-15(12)18/h4-9H,3,10H2,1-2H3,(H,20,21). The number of ether oxygens (including phenoxy) is 1. The highest BCUT2D eigenvalue weighted by atomic mass is 35.5. The molecule has 2 rings (SSSR count). The summed E-state index contributed by atoms with van der Waals surface area (Å²) in [5, 5.41) is 3.05. The van der Waals surface area contributed by atoms with E-state index < -0.39 is 5.82 Å². The largest absolute Gasteiger partial charge is 0.488 e. The summed E-state index contributed by atoms with van der Waals surface area (Å²) in [5.74, 6) is -0.0760. The number of benzene rings is 2. The quantitative estimate of drug-likeness (QED) is 0.899. The maximum absolute atomic E-state index is 13.1. The summed E-state index contributed by atoms with van der Waals surface area (Å²) in [6.45, 7) is 4.42. The van der Waals surface area contributed by atoms with Crippen LogP contribution in [0, 0.1) is 12.7 Å². The lowest BCUT2D eigenvalue weighted by molar-refractivity contribution is 0.0951. The Balaban J connectivity index is 2.23. The zero-order valence-corrected chi connectivity index (χ0v) is 13.2. The van der Waals surface area contributed by atoms with Gasteiger partial charge in [0.2, 0.25) is 0 Å². The highest BCUT2D eigenvalue weighted by Crippen LogP contribution is 2.26. The van der Waals surface area contributed by atoms with Crippen molar-refractivity contribution in [2.75, 3.05) is 6.54 Å². The van der Waals surface area contributed by atoms with E-state index in [0.717, 1.165) is 5.56 Å². The van der Waals surface area contributed by atoms with Crippen LogP contribution in [0.3, 0.4) is 0 Å². The van der Waals surface area contributed by atoms with Crippen LogP contribution < -0.4 is 10.1 Å². The van der Waals surface area contributed by atoms with Gasteiger partial charge >= 0.3 is 0 Å². The fraction of sp³-hybridized carbons (Fsp3) is 0.235. The van der Waals surface area contributed by atoms with Gasteiger partial charge in [0.05, 0.1) is 10.6 Å². The Morgan fingerprint density at radius 3 is 2.77 bits per heavy atom. The van der Waals surface area contributed by atoms with Crippen molar-refractivity contribution in [2.45, 2.75) is 20.5 Å². The second-order valence-corrected chi connectivity index (χ2v) is 5.24. The van der Waals surface area contributed by atoms with Gasteiger partial charge in [-0.25, -0.2) is 4.39 Å². The highest BCUT2D eigenvalue weighted by Gasteiger charge is 2.14. The number of rotatable bonds is 5. The van der Waals surface area contributed by atoms with E-state index in [2.05, 4.69) is 5.32 Å². The average molecular weight is 322 g/mol. The fourth-order valence-electron chi connectivity index (χ4n) is 2.07. The fourth-order valence-corrected chi connectivity index (χ4v) is 2.29. The molecule has 116 valence electrons. The number of aryl methyl sites for hydroxylation is 1. The van der Waals surface area contributed by atoms with Crippen molar-refractivity contribution in [3.05, 3.63) is 63.9 Å². The molecule has 0 spiro atoms. The first-order chi connectivity index (χ1) is 10.5. The van der Waals surface area contributed by atoms with Gasteiger partial charge in [-0.3, -0.25) is 4.79 Å². The number of nitrogens with one attached hydrogen (secondary N) is 1. The van der Waals surface area contributed by atoms with Crippen LogP contribution in [0.25, 0.3) is 0 Å². The molecule has 0 aliphatic rings. The highest BCUT2D eigenvalue weighted by molar-refractivity contribution is 6.31. The van der Waals surface area contributed by atoms with Gasteiger partial charge in [0.15, 0.2) is 0 Å². The van der Waals surface area contributed by atoms with Crippen molar-refractivity contribution < 1.29 is 13.9 Å². The number of para-hydroxylation sites is 1. The van der Waals surface area contributed by atoms with E-state index in [9.17, 15) is 9.18 Å². The second kappa shape index (κ2) is 7.27. The van der Waals surface area contributed by atoms with Gasteiger partial charge in [0.1, 0.15) is 18.2 Å². The van der Waals surface area contributed by atoms with E-state index in [1.807, 2.05) is 19.9 Å². The molecule has 0 saturated heterocycles. The zero-order chi connectivity index (χ0) is 16.1. The Kier molecular flexibility index (Phi) is 5.39. The lowest BCUT2D eigenvalue weighted by Crippen LogP contribution is -2.23. The number of carbonyl (C=O) groups is 1. The van der Waals surface area contributed by atoms with E-state index >= 15 is 0 Å². The van der Waals surface area contributed by atoms with Gasteiger partial charge in [-0.1, -0.05) is 29.8 Å². The van der Waals surface area contributed by atoms with Gasteiger partial charge in [0, 0.05) is 12.1 Å². The number of hydrogen-bond acceptors (Lipinski definition) is 2. The van der Waals surface area contributed by atoms with Gasteiger partial charge in [-0.15, -0.1) is 0 Å². The van der Waals surface area contributed by atoms with E-state index in [1.165, 1.54) is 12.1 Å². The van der Waals surface area contributed by atoms with Crippen LogP contribution in [0.5, 0.6) is 5.75 Å². The maximum Gasteiger partial charge on any atom is 0.255 e. The minimum atomic E-state index is -0.396. The third kappa shape index (κ3) is 3.77. The SMILES string of the molecule is CCNC(=O)c1cccc(C)c1OCc1ccc(F)cc1Cl. The third-order valence-corrected chi connectivity index (χ3v) is 3.53. The van der Waals surface area contributed by atoms with E-state index in [-0.39, 0.29) is 12.5 Å². The van der Waals surface area contributed by atoms with Crippen molar-refractivity contribution in [3.8, 4) is 5.75 Å². The van der Waals surface area contributed by atoms with E-state index in [4.69, 9.17) is 16.3 Å². The average Bonchev–Trinajstić information content (AvgIpc) is 2.47. The first kappa shape index (κ1) is 16.3. The molecule has 0 heterocycles. The molecule has 2 aromatic carbocycles. The predicted molar refractivity (Wildman–Crippen MR) is 84.9 cm³/mol. The van der Waals surface area contributed by atoms with Crippen LogP contribution in [0.1, 0.15) is 28.4 Å². The Bertz CT molecular complexity index is 688. The van der Waals surface area contributed by atoms with Crippen LogP contribution in [0.4, 0.5) is 4.39 Å².